The summed E-state index contributed by atoms with van der Waals surface area (Å²) in [6.45, 7) is 3.93. The summed E-state index contributed by atoms with van der Waals surface area (Å²) in [6, 6.07) is 4.63. The van der Waals surface area contributed by atoms with E-state index in [4.69, 9.17) is 9.47 Å². The number of anilines is 1. The summed E-state index contributed by atoms with van der Waals surface area (Å²) in [5, 5.41) is 2.81. The van der Waals surface area contributed by atoms with E-state index in [1.54, 1.807) is 10.4 Å². The first-order valence-corrected chi connectivity index (χ1v) is 11.2. The second-order valence-electron chi connectivity index (χ2n) is 7.12. The van der Waals surface area contributed by atoms with Gasteiger partial charge in [-0.25, -0.2) is 8.42 Å². The number of morpholine rings is 1. The number of carbonyl (C=O) groups is 1. The average Bonchev–Trinajstić information content (AvgIpc) is 2.98. The summed E-state index contributed by atoms with van der Waals surface area (Å²) >= 11 is 0. The molecule has 156 valence electrons. The van der Waals surface area contributed by atoms with Crippen molar-refractivity contribution in [2.24, 2.45) is 0 Å². The highest BCUT2D eigenvalue weighted by Gasteiger charge is 2.26. The molecule has 0 saturated carbocycles. The lowest BCUT2D eigenvalue weighted by molar-refractivity contribution is -0.118. The number of hydrogen-bond acceptors (Lipinski definition) is 6. The number of benzene rings is 1. The van der Waals surface area contributed by atoms with Crippen LogP contribution in [0.2, 0.25) is 0 Å². The monoisotopic (exact) mass is 411 g/mol. The minimum absolute atomic E-state index is 0.178. The SMILES string of the molecule is COc1ccc(S(=O)(=O)N2CCCCCC2)cc1NC(=O)CN1CCOCC1. The number of hydrogen-bond donors (Lipinski definition) is 1. The molecule has 1 N–H and O–H groups in total. The lowest BCUT2D eigenvalue weighted by Gasteiger charge is -2.26. The molecule has 0 radical (unpaired) electrons. The van der Waals surface area contributed by atoms with E-state index in [0.29, 0.717) is 50.8 Å². The van der Waals surface area contributed by atoms with Crippen LogP contribution in [0.25, 0.3) is 0 Å². The van der Waals surface area contributed by atoms with Crippen LogP contribution in [0.4, 0.5) is 5.69 Å². The quantitative estimate of drug-likeness (QED) is 0.764. The van der Waals surface area contributed by atoms with Gasteiger partial charge >= 0.3 is 0 Å². The second kappa shape index (κ2) is 9.69. The Morgan fingerprint density at radius 2 is 1.79 bits per heavy atom. The zero-order valence-electron chi connectivity index (χ0n) is 16.4. The van der Waals surface area contributed by atoms with Gasteiger partial charge in [-0.2, -0.15) is 4.31 Å². The fourth-order valence-electron chi connectivity index (χ4n) is 3.53. The van der Waals surface area contributed by atoms with Crippen molar-refractivity contribution in [3.05, 3.63) is 18.2 Å². The van der Waals surface area contributed by atoms with Gasteiger partial charge in [-0.1, -0.05) is 12.8 Å². The molecule has 8 nitrogen and oxygen atoms in total. The molecule has 2 heterocycles. The van der Waals surface area contributed by atoms with Gasteiger partial charge in [0.15, 0.2) is 0 Å². The highest BCUT2D eigenvalue weighted by molar-refractivity contribution is 7.89. The van der Waals surface area contributed by atoms with Crippen LogP contribution in [0, 0.1) is 0 Å². The lowest BCUT2D eigenvalue weighted by Crippen LogP contribution is -2.41. The largest absolute Gasteiger partial charge is 0.495 e. The van der Waals surface area contributed by atoms with Crippen LogP contribution in [0.15, 0.2) is 23.1 Å². The van der Waals surface area contributed by atoms with Crippen LogP contribution in [-0.4, -0.2) is 76.6 Å². The summed E-state index contributed by atoms with van der Waals surface area (Å²) in [5.41, 5.74) is 0.372. The van der Waals surface area contributed by atoms with Gasteiger partial charge in [0.2, 0.25) is 15.9 Å². The standard InChI is InChI=1S/C19H29N3O5S/c1-26-18-7-6-16(28(24,25)22-8-4-2-3-5-9-22)14-17(18)20-19(23)15-21-10-12-27-13-11-21/h6-7,14H,2-5,8-13,15H2,1H3,(H,20,23). The third-order valence-electron chi connectivity index (χ3n) is 5.12. The number of ether oxygens (including phenoxy) is 2. The van der Waals surface area contributed by atoms with Crippen molar-refractivity contribution in [1.82, 2.24) is 9.21 Å². The van der Waals surface area contributed by atoms with Gasteiger partial charge in [-0.15, -0.1) is 0 Å². The molecule has 0 aliphatic carbocycles. The van der Waals surface area contributed by atoms with Gasteiger partial charge in [0.05, 0.1) is 37.5 Å². The van der Waals surface area contributed by atoms with Crippen LogP contribution in [0.3, 0.4) is 0 Å². The van der Waals surface area contributed by atoms with Crippen molar-refractivity contribution in [3.8, 4) is 5.75 Å². The van der Waals surface area contributed by atoms with E-state index in [1.165, 1.54) is 19.2 Å². The van der Waals surface area contributed by atoms with Crippen molar-refractivity contribution in [1.29, 1.82) is 0 Å². The van der Waals surface area contributed by atoms with Gasteiger partial charge in [-0.3, -0.25) is 9.69 Å². The number of nitrogens with one attached hydrogen (secondary N) is 1. The average molecular weight is 412 g/mol. The van der Waals surface area contributed by atoms with Crippen molar-refractivity contribution in [3.63, 3.8) is 0 Å². The van der Waals surface area contributed by atoms with Crippen molar-refractivity contribution in [2.75, 3.05) is 58.4 Å². The molecule has 0 atom stereocenters. The molecule has 0 spiro atoms. The van der Waals surface area contributed by atoms with E-state index in [0.717, 1.165) is 25.7 Å². The zero-order chi connectivity index (χ0) is 20.0. The van der Waals surface area contributed by atoms with Gasteiger partial charge in [0.25, 0.3) is 0 Å². The van der Waals surface area contributed by atoms with Crippen LogP contribution in [0.5, 0.6) is 5.75 Å². The molecule has 0 unspecified atom stereocenters. The highest BCUT2D eigenvalue weighted by Crippen LogP contribution is 2.29. The molecule has 1 aromatic carbocycles. The summed E-state index contributed by atoms with van der Waals surface area (Å²) in [7, 11) is -2.10. The Kier molecular flexibility index (Phi) is 7.28. The van der Waals surface area contributed by atoms with Gasteiger partial charge in [0, 0.05) is 26.2 Å². The van der Waals surface area contributed by atoms with E-state index >= 15 is 0 Å². The second-order valence-corrected chi connectivity index (χ2v) is 9.06. The maximum absolute atomic E-state index is 13.0. The van der Waals surface area contributed by atoms with E-state index < -0.39 is 10.0 Å². The molecule has 2 aliphatic heterocycles. The molecule has 28 heavy (non-hydrogen) atoms. The first-order chi connectivity index (χ1) is 13.5. The predicted octanol–water partition coefficient (Wildman–Crippen LogP) is 1.53. The highest BCUT2D eigenvalue weighted by atomic mass is 32.2. The molecule has 1 aromatic rings. The Morgan fingerprint density at radius 1 is 1.11 bits per heavy atom. The third-order valence-corrected chi connectivity index (χ3v) is 7.01. The fraction of sp³-hybridized carbons (Fsp3) is 0.632. The molecule has 0 aromatic heterocycles. The molecular weight excluding hydrogens is 382 g/mol. The van der Waals surface area contributed by atoms with Gasteiger partial charge in [-0.05, 0) is 31.0 Å². The molecule has 1 amide bonds. The Hall–Kier alpha value is -1.68. The van der Waals surface area contributed by atoms with Crippen LogP contribution >= 0.6 is 0 Å². The number of carbonyl (C=O) groups excluding carboxylic acids is 1. The smallest absolute Gasteiger partial charge is 0.243 e. The van der Waals surface area contributed by atoms with Gasteiger partial charge < -0.3 is 14.8 Å². The van der Waals surface area contributed by atoms with E-state index in [2.05, 4.69) is 5.32 Å². The fourth-order valence-corrected chi connectivity index (χ4v) is 5.07. The van der Waals surface area contributed by atoms with Crippen LogP contribution < -0.4 is 10.1 Å². The minimum Gasteiger partial charge on any atom is -0.495 e. The lowest BCUT2D eigenvalue weighted by atomic mass is 10.2. The molecule has 9 heteroatoms. The third kappa shape index (κ3) is 5.22. The predicted molar refractivity (Wildman–Crippen MR) is 106 cm³/mol. The Bertz CT molecular complexity index is 770. The molecule has 2 aliphatic rings. The topological polar surface area (TPSA) is 88.2 Å². The summed E-state index contributed by atoms with van der Waals surface area (Å²) < 4.78 is 38.2. The van der Waals surface area contributed by atoms with E-state index in [1.807, 2.05) is 4.90 Å². The molecule has 2 saturated heterocycles. The number of amides is 1. The number of sulfonamides is 1. The van der Waals surface area contributed by atoms with E-state index in [-0.39, 0.29) is 17.3 Å². The molecular formula is C19H29N3O5S. The Morgan fingerprint density at radius 3 is 2.43 bits per heavy atom. The molecule has 3 rings (SSSR count). The van der Waals surface area contributed by atoms with Crippen molar-refractivity contribution in [2.45, 2.75) is 30.6 Å². The van der Waals surface area contributed by atoms with Crippen molar-refractivity contribution < 1.29 is 22.7 Å². The Balaban J connectivity index is 1.76. The van der Waals surface area contributed by atoms with Crippen LogP contribution in [0.1, 0.15) is 25.7 Å². The maximum Gasteiger partial charge on any atom is 0.243 e. The van der Waals surface area contributed by atoms with Crippen molar-refractivity contribution >= 4 is 21.6 Å². The molecule has 2 fully saturated rings. The first-order valence-electron chi connectivity index (χ1n) is 9.79. The number of rotatable bonds is 6. The summed E-state index contributed by atoms with van der Waals surface area (Å²) in [5.74, 6) is 0.231. The van der Waals surface area contributed by atoms with Crippen LogP contribution in [-0.2, 0) is 19.6 Å². The maximum atomic E-state index is 13.0. The van der Waals surface area contributed by atoms with E-state index in [9.17, 15) is 13.2 Å². The summed E-state index contributed by atoms with van der Waals surface area (Å²) in [6.07, 6.45) is 3.85. The number of nitrogens with zero attached hydrogens (tertiary/aromatic N) is 2. The normalized spacial score (nSPS) is 19.8. The number of methoxy groups -OCH3 is 1. The minimum atomic E-state index is -3.60. The Labute approximate surface area is 166 Å². The molecule has 0 bridgehead atoms. The zero-order valence-corrected chi connectivity index (χ0v) is 17.2. The first kappa shape index (κ1) is 21.0. The summed E-state index contributed by atoms with van der Waals surface area (Å²) in [4.78, 5) is 14.6. The van der Waals surface area contributed by atoms with Gasteiger partial charge in [0.1, 0.15) is 5.75 Å².